The van der Waals surface area contributed by atoms with Crippen LogP contribution in [0.5, 0.6) is 0 Å². The van der Waals surface area contributed by atoms with Gasteiger partial charge >= 0.3 is 0 Å². The Labute approximate surface area is 133 Å². The van der Waals surface area contributed by atoms with Gasteiger partial charge in [0, 0.05) is 6.20 Å². The van der Waals surface area contributed by atoms with E-state index in [2.05, 4.69) is 40.5 Å². The van der Waals surface area contributed by atoms with Crippen LogP contribution < -0.4 is 0 Å². The van der Waals surface area contributed by atoms with E-state index in [9.17, 15) is 0 Å². The summed E-state index contributed by atoms with van der Waals surface area (Å²) in [6.07, 6.45) is 1.64. The van der Waals surface area contributed by atoms with Crippen molar-refractivity contribution >= 4 is 34.4 Å². The van der Waals surface area contributed by atoms with Crippen LogP contribution in [0, 0.1) is 6.92 Å². The van der Waals surface area contributed by atoms with Gasteiger partial charge in [-0.25, -0.2) is 9.97 Å². The Morgan fingerprint density at radius 2 is 2.05 bits per heavy atom. The van der Waals surface area contributed by atoms with Crippen LogP contribution in [0.2, 0.25) is 5.02 Å². The van der Waals surface area contributed by atoms with Gasteiger partial charge in [-0.2, -0.15) is 0 Å². The van der Waals surface area contributed by atoms with Crippen LogP contribution >= 0.6 is 23.2 Å². The van der Waals surface area contributed by atoms with Crippen molar-refractivity contribution in [3.05, 3.63) is 58.5 Å². The summed E-state index contributed by atoms with van der Waals surface area (Å²) in [5.41, 5.74) is 4.06. The van der Waals surface area contributed by atoms with Crippen LogP contribution in [0.4, 0.5) is 0 Å². The van der Waals surface area contributed by atoms with Crippen molar-refractivity contribution < 1.29 is 0 Å². The number of fused-ring (bicyclic) bond motifs is 1. The second-order valence-corrected chi connectivity index (χ2v) is 5.76. The third-order valence-corrected chi connectivity index (χ3v) is 4.16. The molecule has 3 nitrogen and oxygen atoms in total. The maximum Gasteiger partial charge on any atom is 0.160 e. The molecule has 0 radical (unpaired) electrons. The molecule has 1 unspecified atom stereocenters. The molecule has 2 aromatic heterocycles. The Balaban J connectivity index is 2.21. The van der Waals surface area contributed by atoms with E-state index in [1.165, 1.54) is 11.1 Å². The molecule has 1 aromatic carbocycles. The Bertz CT molecular complexity index is 795. The van der Waals surface area contributed by atoms with Crippen molar-refractivity contribution in [3.8, 4) is 0 Å². The van der Waals surface area contributed by atoms with Crippen molar-refractivity contribution in [2.75, 3.05) is 0 Å². The summed E-state index contributed by atoms with van der Waals surface area (Å²) in [5, 5.41) is 0.580. The molecule has 5 heteroatoms. The quantitative estimate of drug-likeness (QED) is 0.653. The molecular weight excluding hydrogens is 305 g/mol. The van der Waals surface area contributed by atoms with Gasteiger partial charge in [0.05, 0.1) is 16.9 Å². The Morgan fingerprint density at radius 1 is 1.29 bits per heavy atom. The Hall–Kier alpha value is -1.58. The van der Waals surface area contributed by atoms with E-state index < -0.39 is 0 Å². The summed E-state index contributed by atoms with van der Waals surface area (Å²) in [4.78, 5) is 8.99. The van der Waals surface area contributed by atoms with Gasteiger partial charge in [0.2, 0.25) is 0 Å². The smallest absolute Gasteiger partial charge is 0.160 e. The number of hydrogen-bond acceptors (Lipinski definition) is 2. The number of aromatic nitrogens is 3. The summed E-state index contributed by atoms with van der Waals surface area (Å²) in [5.74, 6) is 1.14. The molecule has 0 saturated heterocycles. The number of rotatable bonds is 3. The van der Waals surface area contributed by atoms with E-state index in [0.717, 1.165) is 17.0 Å². The number of halogens is 2. The van der Waals surface area contributed by atoms with Crippen molar-refractivity contribution in [2.24, 2.45) is 0 Å². The molecule has 0 spiro atoms. The van der Waals surface area contributed by atoms with Gasteiger partial charge in [-0.1, -0.05) is 35.9 Å². The minimum Gasteiger partial charge on any atom is -0.304 e. The number of imidazole rings is 1. The first-order valence-corrected chi connectivity index (χ1v) is 7.67. The van der Waals surface area contributed by atoms with Crippen LogP contribution in [0.15, 0.2) is 36.5 Å². The fraction of sp³-hybridized carbons (Fsp3) is 0.250. The molecule has 0 N–H and O–H groups in total. The fourth-order valence-corrected chi connectivity index (χ4v) is 3.04. The van der Waals surface area contributed by atoms with Gasteiger partial charge in [-0.15, -0.1) is 11.6 Å². The maximum atomic E-state index is 6.07. The highest BCUT2D eigenvalue weighted by molar-refractivity contribution is 6.31. The number of nitrogens with zero attached hydrogens (tertiary/aromatic N) is 3. The van der Waals surface area contributed by atoms with Crippen LogP contribution in [0.3, 0.4) is 0 Å². The first-order chi connectivity index (χ1) is 10.1. The number of benzene rings is 1. The second-order valence-electron chi connectivity index (χ2n) is 5.06. The largest absolute Gasteiger partial charge is 0.304 e. The van der Waals surface area contributed by atoms with Crippen LogP contribution in [0.1, 0.15) is 29.9 Å². The van der Waals surface area contributed by atoms with Crippen LogP contribution in [0.25, 0.3) is 11.2 Å². The molecule has 0 aliphatic rings. The molecule has 0 aliphatic carbocycles. The second kappa shape index (κ2) is 5.66. The molecule has 21 heavy (non-hydrogen) atoms. The third-order valence-electron chi connectivity index (χ3n) is 3.72. The van der Waals surface area contributed by atoms with Gasteiger partial charge < -0.3 is 4.57 Å². The summed E-state index contributed by atoms with van der Waals surface area (Å²) >= 11 is 12.1. The summed E-state index contributed by atoms with van der Waals surface area (Å²) in [6, 6.07) is 10.2. The zero-order valence-corrected chi connectivity index (χ0v) is 13.4. The Kier molecular flexibility index (Phi) is 3.87. The van der Waals surface area contributed by atoms with E-state index in [0.29, 0.717) is 10.9 Å². The van der Waals surface area contributed by atoms with Gasteiger partial charge in [0.25, 0.3) is 0 Å². The van der Waals surface area contributed by atoms with Crippen LogP contribution in [-0.2, 0) is 5.88 Å². The molecule has 3 rings (SSSR count). The van der Waals surface area contributed by atoms with Gasteiger partial charge in [0.1, 0.15) is 11.3 Å². The SMILES string of the molecule is Cc1ccccc1C(C)n1c(CCl)nc2cc(Cl)cnc21. The number of alkyl halides is 1. The topological polar surface area (TPSA) is 30.7 Å². The number of pyridine rings is 1. The van der Waals surface area contributed by atoms with Crippen molar-refractivity contribution in [2.45, 2.75) is 25.8 Å². The highest BCUT2D eigenvalue weighted by Gasteiger charge is 2.19. The number of aryl methyl sites for hydroxylation is 1. The highest BCUT2D eigenvalue weighted by Crippen LogP contribution is 2.28. The standard InChI is InChI=1S/C16H15Cl2N3/c1-10-5-3-4-6-13(10)11(2)21-15(8-17)20-14-7-12(18)9-19-16(14)21/h3-7,9,11H,8H2,1-2H3. The molecule has 0 saturated carbocycles. The van der Waals surface area contributed by atoms with E-state index >= 15 is 0 Å². The molecule has 1 atom stereocenters. The van der Waals surface area contributed by atoms with E-state index in [1.807, 2.05) is 18.2 Å². The summed E-state index contributed by atoms with van der Waals surface area (Å²) in [7, 11) is 0. The Morgan fingerprint density at radius 3 is 2.76 bits per heavy atom. The molecule has 0 fully saturated rings. The van der Waals surface area contributed by atoms with Gasteiger partial charge in [0.15, 0.2) is 5.65 Å². The minimum atomic E-state index is 0.110. The van der Waals surface area contributed by atoms with Crippen molar-refractivity contribution in [3.63, 3.8) is 0 Å². The molecular formula is C16H15Cl2N3. The van der Waals surface area contributed by atoms with Crippen molar-refractivity contribution in [1.82, 2.24) is 14.5 Å². The van der Waals surface area contributed by atoms with E-state index in [1.54, 1.807) is 6.20 Å². The molecule has 0 aliphatic heterocycles. The third kappa shape index (κ3) is 2.52. The molecule has 0 amide bonds. The zero-order chi connectivity index (χ0) is 15.0. The van der Waals surface area contributed by atoms with Gasteiger partial charge in [-0.3, -0.25) is 0 Å². The highest BCUT2D eigenvalue weighted by atomic mass is 35.5. The zero-order valence-electron chi connectivity index (χ0n) is 11.8. The van der Waals surface area contributed by atoms with Gasteiger partial charge in [-0.05, 0) is 31.0 Å². The number of hydrogen-bond donors (Lipinski definition) is 0. The molecule has 0 bridgehead atoms. The molecule has 3 aromatic rings. The van der Waals surface area contributed by atoms with Crippen molar-refractivity contribution in [1.29, 1.82) is 0 Å². The lowest BCUT2D eigenvalue weighted by atomic mass is 10.0. The lowest BCUT2D eigenvalue weighted by Crippen LogP contribution is -2.11. The predicted octanol–water partition coefficient (Wildman–Crippen LogP) is 4.74. The van der Waals surface area contributed by atoms with E-state index in [-0.39, 0.29) is 6.04 Å². The summed E-state index contributed by atoms with van der Waals surface area (Å²) in [6.45, 7) is 4.24. The molecule has 108 valence electrons. The first kappa shape index (κ1) is 14.4. The van der Waals surface area contributed by atoms with Crippen LogP contribution in [-0.4, -0.2) is 14.5 Å². The lowest BCUT2D eigenvalue weighted by Gasteiger charge is -2.18. The molecule has 2 heterocycles. The maximum absolute atomic E-state index is 6.07. The summed E-state index contributed by atoms with van der Waals surface area (Å²) < 4.78 is 2.08. The lowest BCUT2D eigenvalue weighted by molar-refractivity contribution is 0.625. The average molecular weight is 320 g/mol. The monoisotopic (exact) mass is 319 g/mol. The predicted molar refractivity (Wildman–Crippen MR) is 87.1 cm³/mol. The minimum absolute atomic E-state index is 0.110. The van der Waals surface area contributed by atoms with E-state index in [4.69, 9.17) is 23.2 Å². The average Bonchev–Trinajstić information content (AvgIpc) is 2.84. The normalized spacial score (nSPS) is 12.8. The first-order valence-electron chi connectivity index (χ1n) is 6.75. The fourth-order valence-electron chi connectivity index (χ4n) is 2.70.